The number of carboxylic acid groups (broad SMARTS) is 3. The largest absolute Gasteiger partial charge is 0.508 e. The quantitative estimate of drug-likeness (QED) is 0.0851. The third-order valence-corrected chi connectivity index (χ3v) is 7.87. The van der Waals surface area contributed by atoms with Gasteiger partial charge in [-0.3, -0.25) is 19.3 Å². The van der Waals surface area contributed by atoms with Gasteiger partial charge < -0.3 is 45.6 Å². The van der Waals surface area contributed by atoms with E-state index in [4.69, 9.17) is 31.9 Å². The van der Waals surface area contributed by atoms with E-state index in [9.17, 15) is 34.5 Å². The lowest BCUT2D eigenvalue weighted by atomic mass is 9.77. The molecule has 0 aliphatic carbocycles. The molecule has 1 atom stereocenters. The van der Waals surface area contributed by atoms with Crippen LogP contribution in [0.1, 0.15) is 46.3 Å². The summed E-state index contributed by atoms with van der Waals surface area (Å²) in [7, 11) is 0. The van der Waals surface area contributed by atoms with Crippen LogP contribution >= 0.6 is 12.2 Å². The van der Waals surface area contributed by atoms with Crippen molar-refractivity contribution in [3.63, 3.8) is 0 Å². The number of carbonyl (C=O) groups is 4. The number of thiocarbonyl (C=S) groups is 1. The van der Waals surface area contributed by atoms with Crippen molar-refractivity contribution in [1.29, 1.82) is 0 Å². The van der Waals surface area contributed by atoms with E-state index in [1.165, 1.54) is 24.3 Å². The first kappa shape index (κ1) is 32.0. The maximum atomic E-state index is 13.3. The third-order valence-electron chi connectivity index (χ3n) is 7.62. The Hall–Kier alpha value is -5.41. The number of carbonyl (C=O) groups excluding carboxylic acids is 1. The van der Waals surface area contributed by atoms with Crippen LogP contribution in [0.2, 0.25) is 0 Å². The maximum absolute atomic E-state index is 13.3. The van der Waals surface area contributed by atoms with E-state index in [1.807, 2.05) is 0 Å². The van der Waals surface area contributed by atoms with Gasteiger partial charge in [0.2, 0.25) is 0 Å². The second-order valence-corrected chi connectivity index (χ2v) is 11.1. The summed E-state index contributed by atoms with van der Waals surface area (Å²) in [5.74, 6) is -4.16. The van der Waals surface area contributed by atoms with Gasteiger partial charge >= 0.3 is 23.9 Å². The van der Waals surface area contributed by atoms with Crippen LogP contribution in [0.5, 0.6) is 23.0 Å². The molecule has 14 nitrogen and oxygen atoms in total. The minimum atomic E-state index is -1.40. The highest BCUT2D eigenvalue weighted by atomic mass is 32.1. The lowest BCUT2D eigenvalue weighted by Crippen LogP contribution is -2.46. The number of nitrogens with zero attached hydrogens (tertiary/aromatic N) is 1. The topological polar surface area (TPSA) is 215 Å². The molecule has 0 aromatic heterocycles. The second kappa shape index (κ2) is 12.9. The summed E-state index contributed by atoms with van der Waals surface area (Å²) in [6, 6.07) is 12.7. The average molecular weight is 652 g/mol. The first-order valence-electron chi connectivity index (χ1n) is 14.1. The molecule has 0 bridgehead atoms. The maximum Gasteiger partial charge on any atom is 0.340 e. The standard InChI is InChI=1S/C31H29N3O11S/c35-17-5-8-21-24(12-17)44-25-13-18(36)6-9-22(25)31(21)20-7-4-16(11-19(20)29(43)45-31)33-30(46)32-10-2-1-3-23(28(41)42)34(14-26(37)38)15-27(39)40/h4-9,11-13,23,35-36H,1-3,10,14-15H2,(H,37,38)(H,39,40)(H,41,42)(H2,32,33,46)/t23-/m0/s1. The molecule has 46 heavy (non-hydrogen) atoms. The predicted molar refractivity (Wildman–Crippen MR) is 164 cm³/mol. The molecule has 0 saturated carbocycles. The van der Waals surface area contributed by atoms with Crippen molar-refractivity contribution in [3.05, 3.63) is 76.9 Å². The normalized spacial score (nSPS) is 14.3. The van der Waals surface area contributed by atoms with Crippen LogP contribution in [0, 0.1) is 0 Å². The number of esters is 1. The number of hydrogen-bond donors (Lipinski definition) is 7. The van der Waals surface area contributed by atoms with Gasteiger partial charge in [0.1, 0.15) is 29.0 Å². The first-order valence-corrected chi connectivity index (χ1v) is 14.5. The lowest BCUT2D eigenvalue weighted by molar-refractivity contribution is -0.149. The number of carboxylic acids is 3. The highest BCUT2D eigenvalue weighted by molar-refractivity contribution is 7.80. The minimum Gasteiger partial charge on any atom is -0.508 e. The zero-order valence-corrected chi connectivity index (χ0v) is 24.9. The summed E-state index contributed by atoms with van der Waals surface area (Å²) in [4.78, 5) is 48.1. The second-order valence-electron chi connectivity index (χ2n) is 10.7. The Morgan fingerprint density at radius 2 is 1.43 bits per heavy atom. The lowest BCUT2D eigenvalue weighted by Gasteiger charge is -2.36. The van der Waals surface area contributed by atoms with E-state index in [-0.39, 0.29) is 40.1 Å². The zero-order chi connectivity index (χ0) is 33.2. The van der Waals surface area contributed by atoms with Crippen LogP contribution < -0.4 is 15.4 Å². The summed E-state index contributed by atoms with van der Waals surface area (Å²) in [5.41, 5.74) is 0.863. The molecule has 0 unspecified atom stereocenters. The van der Waals surface area contributed by atoms with Crippen molar-refractivity contribution in [1.82, 2.24) is 10.2 Å². The van der Waals surface area contributed by atoms with Crippen molar-refractivity contribution in [2.75, 3.05) is 25.0 Å². The smallest absolute Gasteiger partial charge is 0.340 e. The van der Waals surface area contributed by atoms with Gasteiger partial charge in [-0.15, -0.1) is 0 Å². The van der Waals surface area contributed by atoms with Crippen LogP contribution in [0.3, 0.4) is 0 Å². The molecule has 0 saturated heterocycles. The molecular weight excluding hydrogens is 622 g/mol. The fourth-order valence-corrected chi connectivity index (χ4v) is 5.93. The van der Waals surface area contributed by atoms with Crippen molar-refractivity contribution in [2.24, 2.45) is 0 Å². The van der Waals surface area contributed by atoms with E-state index in [1.54, 1.807) is 30.3 Å². The molecule has 3 aromatic rings. The zero-order valence-electron chi connectivity index (χ0n) is 24.1. The van der Waals surface area contributed by atoms with E-state index in [0.29, 0.717) is 41.8 Å². The molecule has 2 heterocycles. The van der Waals surface area contributed by atoms with Gasteiger partial charge in [-0.2, -0.15) is 0 Å². The summed E-state index contributed by atoms with van der Waals surface area (Å²) in [6.07, 6.45) is 0.824. The number of phenolic OH excluding ortho intramolecular Hbond substituents is 2. The van der Waals surface area contributed by atoms with Gasteiger partial charge in [-0.1, -0.05) is 6.07 Å². The number of unbranched alkanes of at least 4 members (excludes halogenated alkanes) is 1. The summed E-state index contributed by atoms with van der Waals surface area (Å²) in [5, 5.41) is 54.0. The van der Waals surface area contributed by atoms with E-state index in [2.05, 4.69) is 10.6 Å². The van der Waals surface area contributed by atoms with Gasteiger partial charge in [0, 0.05) is 41.1 Å². The molecule has 7 N–H and O–H groups in total. The SMILES string of the molecule is O=C(O)CN(CC(=O)O)[C@@H](CCCCNC(=S)Nc1ccc2c(c1)C(=O)OC21c2ccc(O)cc2Oc2cc(O)ccc21)C(=O)O. The van der Waals surface area contributed by atoms with Crippen LogP contribution in [0.15, 0.2) is 54.6 Å². The van der Waals surface area contributed by atoms with E-state index < -0.39 is 48.6 Å². The Morgan fingerprint density at radius 1 is 0.848 bits per heavy atom. The molecule has 240 valence electrons. The molecule has 3 aromatic carbocycles. The third kappa shape index (κ3) is 6.36. The molecule has 5 rings (SSSR count). The number of ether oxygens (including phenoxy) is 2. The number of fused-ring (bicyclic) bond motifs is 6. The summed E-state index contributed by atoms with van der Waals surface area (Å²) in [6.45, 7) is -1.10. The number of nitrogens with one attached hydrogen (secondary N) is 2. The Morgan fingerprint density at radius 3 is 2.00 bits per heavy atom. The van der Waals surface area contributed by atoms with Gasteiger partial charge in [-0.05, 0) is 67.9 Å². The average Bonchev–Trinajstić information content (AvgIpc) is 3.25. The van der Waals surface area contributed by atoms with Crippen molar-refractivity contribution in [3.8, 4) is 23.0 Å². The van der Waals surface area contributed by atoms with Crippen LogP contribution in [-0.4, -0.2) is 85.1 Å². The molecule has 0 amide bonds. The Balaban J connectivity index is 1.25. The van der Waals surface area contributed by atoms with E-state index >= 15 is 0 Å². The van der Waals surface area contributed by atoms with Crippen LogP contribution in [0.25, 0.3) is 0 Å². The molecular formula is C31H29N3O11S. The monoisotopic (exact) mass is 651 g/mol. The fourth-order valence-electron chi connectivity index (χ4n) is 5.71. The van der Waals surface area contributed by atoms with Gasteiger partial charge in [0.05, 0.1) is 18.7 Å². The van der Waals surface area contributed by atoms with Crippen LogP contribution in [0.4, 0.5) is 5.69 Å². The Bertz CT molecular complexity index is 1680. The number of anilines is 1. The predicted octanol–water partition coefficient (Wildman–Crippen LogP) is 3.05. The van der Waals surface area contributed by atoms with Crippen molar-refractivity contribution in [2.45, 2.75) is 30.9 Å². The fraction of sp³-hybridized carbons (Fsp3) is 0.258. The first-order chi connectivity index (χ1) is 21.9. The molecule has 0 fully saturated rings. The van der Waals surface area contributed by atoms with Gasteiger partial charge in [0.15, 0.2) is 10.7 Å². The van der Waals surface area contributed by atoms with Gasteiger partial charge in [-0.25, -0.2) is 4.79 Å². The van der Waals surface area contributed by atoms with Gasteiger partial charge in [0.25, 0.3) is 0 Å². The number of aliphatic carboxylic acids is 3. The highest BCUT2D eigenvalue weighted by Gasteiger charge is 2.53. The highest BCUT2D eigenvalue weighted by Crippen LogP contribution is 2.57. The molecule has 2 aliphatic rings. The Kier molecular flexibility index (Phi) is 8.98. The number of benzene rings is 3. The molecule has 0 radical (unpaired) electrons. The van der Waals surface area contributed by atoms with E-state index in [0.717, 1.165) is 4.90 Å². The van der Waals surface area contributed by atoms with Crippen molar-refractivity contribution >= 4 is 46.9 Å². The van der Waals surface area contributed by atoms with Crippen molar-refractivity contribution < 1.29 is 54.2 Å². The molecule has 2 aliphatic heterocycles. The molecule has 15 heteroatoms. The molecule has 1 spiro atoms. The number of phenols is 2. The number of hydrogen-bond acceptors (Lipinski definition) is 10. The van der Waals surface area contributed by atoms with Crippen LogP contribution in [-0.2, 0) is 24.7 Å². The Labute approximate surface area is 266 Å². The summed E-state index contributed by atoms with van der Waals surface area (Å²) >= 11 is 5.38. The number of rotatable bonds is 12. The number of aromatic hydroxyl groups is 2. The minimum absolute atomic E-state index is 0.0307. The summed E-state index contributed by atoms with van der Waals surface area (Å²) < 4.78 is 12.0.